The second-order valence-electron chi connectivity index (χ2n) is 5.10. The smallest absolute Gasteiger partial charge is 0.416 e. The molecule has 20 heavy (non-hydrogen) atoms. The largest absolute Gasteiger partial charge is 0.457 e. The number of rotatable bonds is 2. The van der Waals surface area contributed by atoms with Crippen molar-refractivity contribution >= 4 is 28.0 Å². The molecule has 0 aliphatic rings. The molecule has 0 heterocycles. The van der Waals surface area contributed by atoms with E-state index in [1.54, 1.807) is 20.8 Å². The van der Waals surface area contributed by atoms with Crippen LogP contribution in [0.15, 0.2) is 28.7 Å². The monoisotopic (exact) mass is 350 g/mol. The number of hydrogen-bond donors (Lipinski definition) is 0. The van der Waals surface area contributed by atoms with Gasteiger partial charge in [0.1, 0.15) is 5.60 Å². The molecule has 0 aliphatic carbocycles. The van der Waals surface area contributed by atoms with Crippen molar-refractivity contribution in [2.24, 2.45) is 0 Å². The quantitative estimate of drug-likeness (QED) is 0.564. The van der Waals surface area contributed by atoms with Crippen molar-refractivity contribution in [3.8, 4) is 0 Å². The molecule has 0 aliphatic heterocycles. The molecule has 1 rings (SSSR count). The maximum Gasteiger partial charge on any atom is 0.416 e. The highest BCUT2D eigenvalue weighted by Gasteiger charge is 2.30. The first kappa shape index (κ1) is 16.8. The van der Waals surface area contributed by atoms with Crippen molar-refractivity contribution in [2.45, 2.75) is 32.5 Å². The van der Waals surface area contributed by atoms with Gasteiger partial charge in [0.25, 0.3) is 0 Å². The molecule has 1 aromatic rings. The Hall–Kier alpha value is -1.30. The zero-order valence-electron chi connectivity index (χ0n) is 11.2. The molecule has 0 amide bonds. The maximum absolute atomic E-state index is 12.6. The highest BCUT2D eigenvalue weighted by molar-refractivity contribution is 9.10. The summed E-state index contributed by atoms with van der Waals surface area (Å²) < 4.78 is 43.3. The summed E-state index contributed by atoms with van der Waals surface area (Å²) >= 11 is 3.14. The Morgan fingerprint density at radius 2 is 1.85 bits per heavy atom. The van der Waals surface area contributed by atoms with E-state index in [4.69, 9.17) is 4.74 Å². The van der Waals surface area contributed by atoms with E-state index in [1.807, 2.05) is 0 Å². The van der Waals surface area contributed by atoms with Crippen molar-refractivity contribution in [3.05, 3.63) is 39.9 Å². The molecule has 0 atom stereocenters. The molecule has 0 aromatic heterocycles. The van der Waals surface area contributed by atoms with E-state index in [2.05, 4.69) is 15.9 Å². The Bertz CT molecular complexity index is 528. The van der Waals surface area contributed by atoms with Crippen molar-refractivity contribution < 1.29 is 22.7 Å². The SMILES string of the molecule is CC(C)(C)OC(=O)/C=C/c1cc(C(F)(F)F)ccc1Br. The maximum atomic E-state index is 12.6. The van der Waals surface area contributed by atoms with Gasteiger partial charge >= 0.3 is 12.1 Å². The van der Waals surface area contributed by atoms with Crippen LogP contribution in [-0.4, -0.2) is 11.6 Å². The van der Waals surface area contributed by atoms with Crippen LogP contribution in [0.25, 0.3) is 6.08 Å². The first-order chi connectivity index (χ1) is 8.99. The van der Waals surface area contributed by atoms with E-state index in [0.717, 1.165) is 18.2 Å². The first-order valence-electron chi connectivity index (χ1n) is 5.77. The highest BCUT2D eigenvalue weighted by atomic mass is 79.9. The van der Waals surface area contributed by atoms with E-state index in [0.29, 0.717) is 4.47 Å². The highest BCUT2D eigenvalue weighted by Crippen LogP contribution is 2.32. The third-order valence-electron chi connectivity index (χ3n) is 2.13. The van der Waals surface area contributed by atoms with Crippen LogP contribution in [-0.2, 0) is 15.7 Å². The van der Waals surface area contributed by atoms with Gasteiger partial charge in [0.15, 0.2) is 0 Å². The van der Waals surface area contributed by atoms with Gasteiger partial charge in [0.2, 0.25) is 0 Å². The van der Waals surface area contributed by atoms with Gasteiger partial charge in [0, 0.05) is 10.5 Å². The van der Waals surface area contributed by atoms with Crippen molar-refractivity contribution in [1.29, 1.82) is 0 Å². The van der Waals surface area contributed by atoms with Gasteiger partial charge in [0.05, 0.1) is 5.56 Å². The zero-order valence-corrected chi connectivity index (χ0v) is 12.8. The Morgan fingerprint density at radius 3 is 2.35 bits per heavy atom. The molecule has 1 aromatic carbocycles. The minimum atomic E-state index is -4.42. The van der Waals surface area contributed by atoms with Crippen LogP contribution in [0.2, 0.25) is 0 Å². The molecular formula is C14H14BrF3O2. The molecule has 0 saturated heterocycles. The topological polar surface area (TPSA) is 26.3 Å². The van der Waals surface area contributed by atoms with E-state index in [9.17, 15) is 18.0 Å². The van der Waals surface area contributed by atoms with E-state index in [1.165, 1.54) is 12.1 Å². The van der Waals surface area contributed by atoms with Gasteiger partial charge in [-0.1, -0.05) is 15.9 Å². The summed E-state index contributed by atoms with van der Waals surface area (Å²) in [5, 5.41) is 0. The molecule has 6 heteroatoms. The molecule has 0 unspecified atom stereocenters. The minimum absolute atomic E-state index is 0.255. The predicted octanol–water partition coefficient (Wildman–Crippen LogP) is 4.82. The van der Waals surface area contributed by atoms with E-state index < -0.39 is 23.3 Å². The molecule has 0 radical (unpaired) electrons. The second kappa shape index (κ2) is 5.99. The Kier molecular flexibility index (Phi) is 5.02. The van der Waals surface area contributed by atoms with Crippen LogP contribution in [0.4, 0.5) is 13.2 Å². The van der Waals surface area contributed by atoms with Crippen molar-refractivity contribution in [1.82, 2.24) is 0 Å². The molecule has 0 N–H and O–H groups in total. The second-order valence-corrected chi connectivity index (χ2v) is 5.96. The van der Waals surface area contributed by atoms with Crippen molar-refractivity contribution in [2.75, 3.05) is 0 Å². The third kappa shape index (κ3) is 5.36. The number of ether oxygens (including phenoxy) is 1. The minimum Gasteiger partial charge on any atom is -0.457 e. The van der Waals surface area contributed by atoms with Crippen LogP contribution in [0.3, 0.4) is 0 Å². The lowest BCUT2D eigenvalue weighted by molar-refractivity contribution is -0.148. The van der Waals surface area contributed by atoms with Crippen molar-refractivity contribution in [3.63, 3.8) is 0 Å². The van der Waals surface area contributed by atoms with Gasteiger partial charge < -0.3 is 4.74 Å². The fourth-order valence-electron chi connectivity index (χ4n) is 1.34. The summed E-state index contributed by atoms with van der Waals surface area (Å²) in [6.07, 6.45) is -2.03. The summed E-state index contributed by atoms with van der Waals surface area (Å²) in [7, 11) is 0. The summed E-state index contributed by atoms with van der Waals surface area (Å²) in [6.45, 7) is 5.12. The number of esters is 1. The molecule has 0 saturated carbocycles. The Morgan fingerprint density at radius 1 is 1.25 bits per heavy atom. The molecule has 0 spiro atoms. The van der Waals surface area contributed by atoms with Gasteiger partial charge in [-0.15, -0.1) is 0 Å². The average Bonchev–Trinajstić information content (AvgIpc) is 2.24. The lowest BCUT2D eigenvalue weighted by Crippen LogP contribution is -2.22. The normalized spacial score (nSPS) is 12.8. The lowest BCUT2D eigenvalue weighted by atomic mass is 10.1. The third-order valence-corrected chi connectivity index (χ3v) is 2.85. The zero-order chi connectivity index (χ0) is 15.6. The number of hydrogen-bond acceptors (Lipinski definition) is 2. The number of alkyl halides is 3. The molecule has 2 nitrogen and oxygen atoms in total. The van der Waals surface area contributed by atoms with Crippen LogP contribution < -0.4 is 0 Å². The fraction of sp³-hybridized carbons (Fsp3) is 0.357. The standard InChI is InChI=1S/C14H14BrF3O2/c1-13(2,3)20-12(19)7-4-9-8-10(14(16,17)18)5-6-11(9)15/h4-8H,1-3H3/b7-4+. The molecule has 0 fully saturated rings. The van der Waals surface area contributed by atoms with E-state index in [-0.39, 0.29) is 5.56 Å². The summed E-state index contributed by atoms with van der Waals surface area (Å²) in [5.74, 6) is -0.609. The van der Waals surface area contributed by atoms with Crippen LogP contribution in [0.1, 0.15) is 31.9 Å². The molecular weight excluding hydrogens is 337 g/mol. The predicted molar refractivity (Wildman–Crippen MR) is 74.0 cm³/mol. The van der Waals surface area contributed by atoms with Crippen LogP contribution in [0, 0.1) is 0 Å². The van der Waals surface area contributed by atoms with Gasteiger partial charge in [-0.05, 0) is 50.6 Å². The van der Waals surface area contributed by atoms with Gasteiger partial charge in [-0.3, -0.25) is 0 Å². The number of carbonyl (C=O) groups excluding carboxylic acids is 1. The average molecular weight is 351 g/mol. The van der Waals surface area contributed by atoms with Gasteiger partial charge in [-0.2, -0.15) is 13.2 Å². The fourth-order valence-corrected chi connectivity index (χ4v) is 1.72. The number of carbonyl (C=O) groups is 1. The number of halogens is 4. The van der Waals surface area contributed by atoms with E-state index >= 15 is 0 Å². The Labute approximate surface area is 123 Å². The molecule has 110 valence electrons. The summed E-state index contributed by atoms with van der Waals surface area (Å²) in [4.78, 5) is 11.5. The number of benzene rings is 1. The summed E-state index contributed by atoms with van der Waals surface area (Å²) in [5.41, 5.74) is -1.16. The lowest BCUT2D eigenvalue weighted by Gasteiger charge is -2.17. The van der Waals surface area contributed by atoms with Gasteiger partial charge in [-0.25, -0.2) is 4.79 Å². The molecule has 0 bridgehead atoms. The van der Waals surface area contributed by atoms with Crippen LogP contribution in [0.5, 0.6) is 0 Å². The Balaban J connectivity index is 2.95. The van der Waals surface area contributed by atoms with Crippen LogP contribution >= 0.6 is 15.9 Å². The summed E-state index contributed by atoms with van der Waals surface area (Å²) in [6, 6.07) is 3.22. The first-order valence-corrected chi connectivity index (χ1v) is 6.56.